The maximum Gasteiger partial charge on any atom is 0.180 e. The lowest BCUT2D eigenvalue weighted by atomic mass is 10.2. The highest BCUT2D eigenvalue weighted by Gasteiger charge is 2.08. The molecule has 2 nitrogen and oxygen atoms in total. The SMILES string of the molecule is Cl/N=C(/c1ccc(Cl)cc1)N(Cl)Cl. The average molecular weight is 258 g/mol. The number of rotatable bonds is 1. The fourth-order valence-electron chi connectivity index (χ4n) is 0.774. The second-order valence-electron chi connectivity index (χ2n) is 2.15. The molecule has 0 aliphatic heterocycles. The number of benzene rings is 1. The van der Waals surface area contributed by atoms with Crippen LogP contribution in [0.3, 0.4) is 0 Å². The summed E-state index contributed by atoms with van der Waals surface area (Å²) in [5.74, 6) is 0.252. The van der Waals surface area contributed by atoms with Gasteiger partial charge in [0.15, 0.2) is 5.84 Å². The van der Waals surface area contributed by atoms with Crippen LogP contribution in [0.1, 0.15) is 5.56 Å². The standard InChI is InChI=1S/C7H4Cl4N2/c8-6-3-1-5(2-4-6)7(12-9)13(10)11/h1-4H/b12-7-. The fraction of sp³-hybridized carbons (Fsp3) is 0. The third kappa shape index (κ3) is 2.92. The van der Waals surface area contributed by atoms with Crippen LogP contribution in [0.2, 0.25) is 5.02 Å². The lowest BCUT2D eigenvalue weighted by Gasteiger charge is -2.07. The van der Waals surface area contributed by atoms with E-state index < -0.39 is 0 Å². The van der Waals surface area contributed by atoms with Gasteiger partial charge >= 0.3 is 0 Å². The van der Waals surface area contributed by atoms with Gasteiger partial charge in [-0.15, -0.1) is 0 Å². The van der Waals surface area contributed by atoms with Crippen LogP contribution in [0.15, 0.2) is 28.8 Å². The molecule has 0 atom stereocenters. The summed E-state index contributed by atoms with van der Waals surface area (Å²) < 4.78 is 4.18. The van der Waals surface area contributed by atoms with Gasteiger partial charge in [0.05, 0.1) is 0 Å². The molecule has 13 heavy (non-hydrogen) atoms. The highest BCUT2D eigenvalue weighted by molar-refractivity contribution is 6.45. The van der Waals surface area contributed by atoms with Crippen LogP contribution in [0.25, 0.3) is 0 Å². The summed E-state index contributed by atoms with van der Waals surface area (Å²) in [5, 5.41) is 0.619. The molecule has 0 bridgehead atoms. The van der Waals surface area contributed by atoms with Gasteiger partial charge in [-0.1, -0.05) is 11.6 Å². The summed E-state index contributed by atoms with van der Waals surface area (Å²) in [6.07, 6.45) is 0. The monoisotopic (exact) mass is 256 g/mol. The molecule has 70 valence electrons. The van der Waals surface area contributed by atoms with Crippen LogP contribution in [-0.4, -0.2) is 9.77 Å². The molecule has 0 aliphatic carbocycles. The van der Waals surface area contributed by atoms with E-state index in [4.69, 9.17) is 46.9 Å². The highest BCUT2D eigenvalue weighted by atomic mass is 35.5. The largest absolute Gasteiger partial charge is 0.180 e. The van der Waals surface area contributed by atoms with E-state index in [2.05, 4.69) is 4.51 Å². The van der Waals surface area contributed by atoms with Crippen molar-refractivity contribution in [2.24, 2.45) is 4.51 Å². The predicted octanol–water partition coefficient (Wildman–Crippen LogP) is 3.85. The Morgan fingerprint density at radius 1 is 1.15 bits per heavy atom. The van der Waals surface area contributed by atoms with E-state index in [1.807, 2.05) is 0 Å². The third-order valence-electron chi connectivity index (χ3n) is 1.34. The summed E-state index contributed by atoms with van der Waals surface area (Å²) in [4.78, 5) is 0. The quantitative estimate of drug-likeness (QED) is 0.424. The van der Waals surface area contributed by atoms with Gasteiger partial charge in [0.25, 0.3) is 0 Å². The van der Waals surface area contributed by atoms with E-state index in [-0.39, 0.29) is 5.84 Å². The Balaban J connectivity index is 3.00. The molecule has 0 saturated heterocycles. The zero-order valence-corrected chi connectivity index (χ0v) is 9.24. The Morgan fingerprint density at radius 3 is 2.08 bits per heavy atom. The summed E-state index contributed by atoms with van der Waals surface area (Å²) in [6.45, 7) is 0. The Morgan fingerprint density at radius 2 is 1.69 bits per heavy atom. The molecule has 0 aliphatic rings. The number of hydrogen-bond acceptors (Lipinski definition) is 1. The Hall–Kier alpha value is -0.150. The van der Waals surface area contributed by atoms with Crippen molar-refractivity contribution in [1.29, 1.82) is 0 Å². The first-order chi connectivity index (χ1) is 6.15. The predicted molar refractivity (Wildman–Crippen MR) is 57.4 cm³/mol. The molecule has 0 amide bonds. The maximum absolute atomic E-state index is 5.69. The average Bonchev–Trinajstić information content (AvgIpc) is 2.09. The number of hydrogen-bond donors (Lipinski definition) is 0. The molecule has 0 heterocycles. The smallest absolute Gasteiger partial charge is 0.173 e. The molecule has 0 spiro atoms. The fourth-order valence-corrected chi connectivity index (χ4v) is 1.42. The second kappa shape index (κ2) is 4.91. The van der Waals surface area contributed by atoms with E-state index in [9.17, 15) is 0 Å². The lowest BCUT2D eigenvalue weighted by molar-refractivity contribution is 1.08. The van der Waals surface area contributed by atoms with Gasteiger partial charge in [0.1, 0.15) is 0 Å². The van der Waals surface area contributed by atoms with Gasteiger partial charge in [0.2, 0.25) is 0 Å². The summed E-state index contributed by atoms with van der Waals surface area (Å²) in [7, 11) is 0. The minimum atomic E-state index is 0.252. The summed E-state index contributed by atoms with van der Waals surface area (Å²) in [5.41, 5.74) is 0.685. The lowest BCUT2D eigenvalue weighted by Crippen LogP contribution is -2.11. The topological polar surface area (TPSA) is 15.6 Å². The van der Waals surface area contributed by atoms with Crippen LogP contribution < -0.4 is 0 Å². The molecule has 1 aromatic rings. The molecular formula is C7H4Cl4N2. The Labute approximate surface area is 96.0 Å². The van der Waals surface area contributed by atoms with Crippen molar-refractivity contribution < 1.29 is 0 Å². The molecular weight excluding hydrogens is 254 g/mol. The first-order valence-electron chi connectivity index (χ1n) is 3.21. The first-order valence-corrected chi connectivity index (χ1v) is 4.61. The van der Waals surface area contributed by atoms with Crippen LogP contribution in [-0.2, 0) is 0 Å². The third-order valence-corrected chi connectivity index (χ3v) is 2.07. The van der Waals surface area contributed by atoms with Crippen LogP contribution in [0.5, 0.6) is 0 Å². The van der Waals surface area contributed by atoms with Crippen LogP contribution >= 0.6 is 46.9 Å². The van der Waals surface area contributed by atoms with E-state index in [1.165, 1.54) is 0 Å². The van der Waals surface area contributed by atoms with Crippen molar-refractivity contribution in [3.8, 4) is 0 Å². The second-order valence-corrected chi connectivity index (χ2v) is 3.60. The number of halogens is 4. The van der Waals surface area contributed by atoms with Crippen molar-refractivity contribution in [1.82, 2.24) is 3.94 Å². The van der Waals surface area contributed by atoms with Crippen molar-refractivity contribution in [3.63, 3.8) is 0 Å². The van der Waals surface area contributed by atoms with Gasteiger partial charge in [-0.3, -0.25) is 0 Å². The van der Waals surface area contributed by atoms with Crippen molar-refractivity contribution >= 4 is 52.8 Å². The minimum Gasteiger partial charge on any atom is -0.173 e. The molecule has 6 heteroatoms. The molecule has 1 rings (SSSR count). The van der Waals surface area contributed by atoms with E-state index in [0.717, 1.165) is 3.94 Å². The van der Waals surface area contributed by atoms with Crippen LogP contribution in [0.4, 0.5) is 0 Å². The molecule has 0 radical (unpaired) electrons. The first kappa shape index (κ1) is 10.9. The molecule has 0 unspecified atom stereocenters. The van der Waals surface area contributed by atoms with Gasteiger partial charge < -0.3 is 0 Å². The van der Waals surface area contributed by atoms with Crippen molar-refractivity contribution in [2.75, 3.05) is 0 Å². The number of nitrogens with zero attached hydrogens (tertiary/aromatic N) is 2. The summed E-state index contributed by atoms with van der Waals surface area (Å²) >= 11 is 21.9. The molecule has 0 fully saturated rings. The zero-order chi connectivity index (χ0) is 9.84. The Bertz CT molecular complexity index is 307. The summed E-state index contributed by atoms with van der Waals surface area (Å²) in [6, 6.07) is 6.80. The van der Waals surface area contributed by atoms with Gasteiger partial charge in [0, 0.05) is 45.9 Å². The van der Waals surface area contributed by atoms with Gasteiger partial charge in [-0.2, -0.15) is 8.45 Å². The number of amidine groups is 1. The minimum absolute atomic E-state index is 0.252. The van der Waals surface area contributed by atoms with E-state index >= 15 is 0 Å². The molecule has 0 aromatic heterocycles. The van der Waals surface area contributed by atoms with Gasteiger partial charge in [-0.05, 0) is 24.3 Å². The zero-order valence-electron chi connectivity index (χ0n) is 6.22. The van der Waals surface area contributed by atoms with E-state index in [0.29, 0.717) is 10.6 Å². The normalized spacial score (nSPS) is 11.5. The van der Waals surface area contributed by atoms with Crippen molar-refractivity contribution in [3.05, 3.63) is 34.9 Å². The van der Waals surface area contributed by atoms with Crippen molar-refractivity contribution in [2.45, 2.75) is 0 Å². The highest BCUT2D eigenvalue weighted by Crippen LogP contribution is 2.15. The molecule has 0 N–H and O–H groups in total. The molecule has 1 aromatic carbocycles. The van der Waals surface area contributed by atoms with E-state index in [1.54, 1.807) is 24.3 Å². The van der Waals surface area contributed by atoms with Crippen LogP contribution in [0, 0.1) is 0 Å². The maximum atomic E-state index is 5.69. The molecule has 0 saturated carbocycles. The van der Waals surface area contributed by atoms with Gasteiger partial charge in [-0.25, -0.2) is 0 Å². The Kier molecular flexibility index (Phi) is 4.13.